The van der Waals surface area contributed by atoms with Crippen molar-refractivity contribution < 1.29 is 9.84 Å². The summed E-state index contributed by atoms with van der Waals surface area (Å²) in [5.74, 6) is 0.841. The van der Waals surface area contributed by atoms with Gasteiger partial charge in [0.15, 0.2) is 0 Å². The standard InChI is InChI=1S/C14H23NO2/c1-11(2)15-10-14(3,16)9-12-5-7-13(17-4)8-6-12/h5-8,11,15-16H,9-10H2,1-4H3. The normalized spacial score (nSPS) is 14.7. The van der Waals surface area contributed by atoms with E-state index in [9.17, 15) is 5.11 Å². The van der Waals surface area contributed by atoms with E-state index in [2.05, 4.69) is 19.2 Å². The van der Waals surface area contributed by atoms with Crippen molar-refractivity contribution in [3.05, 3.63) is 29.8 Å². The molecule has 1 atom stereocenters. The van der Waals surface area contributed by atoms with Crippen LogP contribution >= 0.6 is 0 Å². The fraction of sp³-hybridized carbons (Fsp3) is 0.571. The van der Waals surface area contributed by atoms with Crippen LogP contribution in [0.2, 0.25) is 0 Å². The number of hydrogen-bond donors (Lipinski definition) is 2. The minimum atomic E-state index is -0.723. The summed E-state index contributed by atoms with van der Waals surface area (Å²) in [5, 5.41) is 13.5. The Morgan fingerprint density at radius 1 is 1.29 bits per heavy atom. The molecule has 3 nitrogen and oxygen atoms in total. The summed E-state index contributed by atoms with van der Waals surface area (Å²) in [6.07, 6.45) is 0.636. The number of hydrogen-bond acceptors (Lipinski definition) is 3. The van der Waals surface area contributed by atoms with E-state index in [4.69, 9.17) is 4.74 Å². The highest BCUT2D eigenvalue weighted by Gasteiger charge is 2.20. The van der Waals surface area contributed by atoms with E-state index in [0.29, 0.717) is 19.0 Å². The number of nitrogens with one attached hydrogen (secondary N) is 1. The van der Waals surface area contributed by atoms with Crippen LogP contribution in [0.3, 0.4) is 0 Å². The van der Waals surface area contributed by atoms with Crippen LogP contribution in [0.15, 0.2) is 24.3 Å². The maximum atomic E-state index is 10.2. The molecule has 0 aliphatic rings. The molecule has 0 radical (unpaired) electrons. The molecule has 0 bridgehead atoms. The Morgan fingerprint density at radius 2 is 1.88 bits per heavy atom. The SMILES string of the molecule is COc1ccc(CC(C)(O)CNC(C)C)cc1. The molecule has 0 aromatic heterocycles. The zero-order valence-corrected chi connectivity index (χ0v) is 11.2. The molecule has 0 aliphatic carbocycles. The average molecular weight is 237 g/mol. The van der Waals surface area contributed by atoms with Crippen LogP contribution in [0.5, 0.6) is 5.75 Å². The van der Waals surface area contributed by atoms with E-state index in [1.165, 1.54) is 0 Å². The first-order valence-corrected chi connectivity index (χ1v) is 6.01. The molecule has 96 valence electrons. The molecule has 17 heavy (non-hydrogen) atoms. The van der Waals surface area contributed by atoms with Crippen molar-refractivity contribution in [2.24, 2.45) is 0 Å². The maximum Gasteiger partial charge on any atom is 0.118 e. The second-order valence-corrected chi connectivity index (χ2v) is 5.06. The van der Waals surface area contributed by atoms with Crippen LogP contribution in [0.4, 0.5) is 0 Å². The summed E-state index contributed by atoms with van der Waals surface area (Å²) in [6, 6.07) is 8.20. The van der Waals surface area contributed by atoms with E-state index < -0.39 is 5.60 Å². The second kappa shape index (κ2) is 6.03. The third-order valence-corrected chi connectivity index (χ3v) is 2.64. The number of rotatable bonds is 6. The van der Waals surface area contributed by atoms with Gasteiger partial charge in [-0.2, -0.15) is 0 Å². The fourth-order valence-corrected chi connectivity index (χ4v) is 1.67. The topological polar surface area (TPSA) is 41.5 Å². The van der Waals surface area contributed by atoms with Crippen molar-refractivity contribution in [3.8, 4) is 5.75 Å². The summed E-state index contributed by atoms with van der Waals surface area (Å²) >= 11 is 0. The molecule has 0 saturated heterocycles. The van der Waals surface area contributed by atoms with E-state index in [0.717, 1.165) is 11.3 Å². The van der Waals surface area contributed by atoms with Gasteiger partial charge in [-0.05, 0) is 24.6 Å². The van der Waals surface area contributed by atoms with Gasteiger partial charge in [-0.15, -0.1) is 0 Å². The van der Waals surface area contributed by atoms with Crippen molar-refractivity contribution in [2.45, 2.75) is 38.8 Å². The van der Waals surface area contributed by atoms with Crippen LogP contribution in [-0.2, 0) is 6.42 Å². The Bertz CT molecular complexity index is 331. The Hall–Kier alpha value is -1.06. The van der Waals surface area contributed by atoms with Gasteiger partial charge in [0.05, 0.1) is 12.7 Å². The predicted octanol–water partition coefficient (Wildman–Crippen LogP) is 1.99. The third-order valence-electron chi connectivity index (χ3n) is 2.64. The first kappa shape index (κ1) is 14.0. The van der Waals surface area contributed by atoms with Gasteiger partial charge < -0.3 is 15.2 Å². The Morgan fingerprint density at radius 3 is 2.35 bits per heavy atom. The maximum absolute atomic E-state index is 10.2. The largest absolute Gasteiger partial charge is 0.497 e. The molecule has 0 aliphatic heterocycles. The molecule has 0 heterocycles. The molecule has 1 unspecified atom stereocenters. The van der Waals surface area contributed by atoms with Gasteiger partial charge in [0.1, 0.15) is 5.75 Å². The molecule has 0 fully saturated rings. The molecule has 1 rings (SSSR count). The Kier molecular flexibility index (Phi) is 4.97. The molecule has 2 N–H and O–H groups in total. The van der Waals surface area contributed by atoms with Gasteiger partial charge >= 0.3 is 0 Å². The van der Waals surface area contributed by atoms with Crippen molar-refractivity contribution in [3.63, 3.8) is 0 Å². The number of benzene rings is 1. The number of aliphatic hydroxyl groups is 1. The van der Waals surface area contributed by atoms with E-state index >= 15 is 0 Å². The summed E-state index contributed by atoms with van der Waals surface area (Å²) in [6.45, 7) is 6.59. The van der Waals surface area contributed by atoms with E-state index in [1.807, 2.05) is 31.2 Å². The lowest BCUT2D eigenvalue weighted by atomic mass is 9.96. The van der Waals surface area contributed by atoms with E-state index in [1.54, 1.807) is 7.11 Å². The van der Waals surface area contributed by atoms with Gasteiger partial charge in [-0.3, -0.25) is 0 Å². The molecule has 1 aromatic carbocycles. The minimum Gasteiger partial charge on any atom is -0.497 e. The summed E-state index contributed by atoms with van der Waals surface area (Å²) in [7, 11) is 1.65. The molecule has 0 amide bonds. The summed E-state index contributed by atoms with van der Waals surface area (Å²) in [4.78, 5) is 0. The third kappa shape index (κ3) is 5.20. The summed E-state index contributed by atoms with van der Waals surface area (Å²) < 4.78 is 5.10. The zero-order valence-electron chi connectivity index (χ0n) is 11.2. The Labute approximate surface area is 104 Å². The van der Waals surface area contributed by atoms with Crippen LogP contribution in [-0.4, -0.2) is 30.4 Å². The van der Waals surface area contributed by atoms with Crippen LogP contribution < -0.4 is 10.1 Å². The first-order chi connectivity index (χ1) is 7.93. The monoisotopic (exact) mass is 237 g/mol. The van der Waals surface area contributed by atoms with Crippen molar-refractivity contribution >= 4 is 0 Å². The van der Waals surface area contributed by atoms with E-state index in [-0.39, 0.29) is 0 Å². The molecule has 0 saturated carbocycles. The van der Waals surface area contributed by atoms with Crippen molar-refractivity contribution in [1.82, 2.24) is 5.32 Å². The van der Waals surface area contributed by atoms with Crippen molar-refractivity contribution in [2.75, 3.05) is 13.7 Å². The predicted molar refractivity (Wildman–Crippen MR) is 70.5 cm³/mol. The number of methoxy groups -OCH3 is 1. The second-order valence-electron chi connectivity index (χ2n) is 5.06. The zero-order chi connectivity index (χ0) is 12.9. The smallest absolute Gasteiger partial charge is 0.118 e. The van der Waals surface area contributed by atoms with Gasteiger partial charge in [0.25, 0.3) is 0 Å². The van der Waals surface area contributed by atoms with Gasteiger partial charge in [-0.25, -0.2) is 0 Å². The van der Waals surface area contributed by atoms with Gasteiger partial charge in [0.2, 0.25) is 0 Å². The summed E-state index contributed by atoms with van der Waals surface area (Å²) in [5.41, 5.74) is 0.389. The van der Waals surface area contributed by atoms with Crippen molar-refractivity contribution in [1.29, 1.82) is 0 Å². The van der Waals surface area contributed by atoms with Gasteiger partial charge in [-0.1, -0.05) is 26.0 Å². The molecular formula is C14H23NO2. The molecule has 3 heteroatoms. The highest BCUT2D eigenvalue weighted by molar-refractivity contribution is 5.28. The van der Waals surface area contributed by atoms with Crippen LogP contribution in [0.25, 0.3) is 0 Å². The van der Waals surface area contributed by atoms with Gasteiger partial charge in [0, 0.05) is 19.0 Å². The molecule has 1 aromatic rings. The minimum absolute atomic E-state index is 0.386. The lowest BCUT2D eigenvalue weighted by Gasteiger charge is -2.25. The highest BCUT2D eigenvalue weighted by Crippen LogP contribution is 2.16. The highest BCUT2D eigenvalue weighted by atomic mass is 16.5. The first-order valence-electron chi connectivity index (χ1n) is 6.01. The van der Waals surface area contributed by atoms with Crippen LogP contribution in [0, 0.1) is 0 Å². The quantitative estimate of drug-likeness (QED) is 0.795. The average Bonchev–Trinajstić information content (AvgIpc) is 2.27. The molecule has 0 spiro atoms. The fourth-order valence-electron chi connectivity index (χ4n) is 1.67. The molecular weight excluding hydrogens is 214 g/mol. The number of ether oxygens (including phenoxy) is 1. The lowest BCUT2D eigenvalue weighted by Crippen LogP contribution is -2.42. The Balaban J connectivity index is 2.56. The van der Waals surface area contributed by atoms with Crippen LogP contribution in [0.1, 0.15) is 26.3 Å². The lowest BCUT2D eigenvalue weighted by molar-refractivity contribution is 0.0581.